The molecule has 4 heterocycles. The van der Waals surface area contributed by atoms with Crippen molar-refractivity contribution in [3.63, 3.8) is 0 Å². The molecule has 0 saturated carbocycles. The van der Waals surface area contributed by atoms with Crippen molar-refractivity contribution in [1.29, 1.82) is 0 Å². The highest BCUT2D eigenvalue weighted by Crippen LogP contribution is 2.41. The summed E-state index contributed by atoms with van der Waals surface area (Å²) in [5.41, 5.74) is 4.36. The van der Waals surface area contributed by atoms with Gasteiger partial charge in [0.1, 0.15) is 17.8 Å². The monoisotopic (exact) mass is 582 g/mol. The summed E-state index contributed by atoms with van der Waals surface area (Å²) in [7, 11) is 1.91. The number of alkyl halides is 3. The number of aromatic nitrogens is 4. The van der Waals surface area contributed by atoms with Crippen molar-refractivity contribution in [3.8, 4) is 0 Å². The Kier molecular flexibility index (Phi) is 7.37. The molecule has 0 radical (unpaired) electrons. The van der Waals surface area contributed by atoms with Crippen molar-refractivity contribution in [1.82, 2.24) is 24.6 Å². The fourth-order valence-electron chi connectivity index (χ4n) is 6.59. The Bertz CT molecular complexity index is 1480. The highest BCUT2D eigenvalue weighted by Gasteiger charge is 2.43. The molecule has 6 rings (SSSR count). The number of carbonyl (C=O) groups excluding carboxylic acids is 1. The highest BCUT2D eigenvalue weighted by molar-refractivity contribution is 6.03. The van der Waals surface area contributed by atoms with Crippen LogP contribution >= 0.6 is 0 Å². The van der Waals surface area contributed by atoms with Crippen LogP contribution in [0.1, 0.15) is 71.8 Å². The van der Waals surface area contributed by atoms with Crippen LogP contribution in [0.2, 0.25) is 0 Å². The molecule has 1 aromatic carbocycles. The molecule has 1 unspecified atom stereocenters. The number of hydrogen-bond donors (Lipinski definition) is 1. The van der Waals surface area contributed by atoms with Gasteiger partial charge in [0.05, 0.1) is 24.8 Å². The van der Waals surface area contributed by atoms with E-state index in [1.54, 1.807) is 12.4 Å². The Labute approximate surface area is 243 Å². The number of nitrogens with zero attached hydrogens (tertiary/aromatic N) is 5. The van der Waals surface area contributed by atoms with Crippen molar-refractivity contribution in [2.75, 3.05) is 31.6 Å². The van der Waals surface area contributed by atoms with E-state index in [4.69, 9.17) is 9.72 Å². The summed E-state index contributed by atoms with van der Waals surface area (Å²) in [5.74, 6) is -0.788. The molecule has 2 aliphatic heterocycles. The molecule has 11 heteroatoms. The average Bonchev–Trinajstić information content (AvgIpc) is 3.47. The third-order valence-electron chi connectivity index (χ3n) is 9.24. The number of rotatable bonds is 7. The molecule has 2 fully saturated rings. The minimum atomic E-state index is -4.20. The van der Waals surface area contributed by atoms with Gasteiger partial charge >= 0.3 is 6.18 Å². The Morgan fingerprint density at radius 3 is 2.71 bits per heavy atom. The average molecular weight is 583 g/mol. The molecule has 0 bridgehead atoms. The molecule has 224 valence electrons. The molecular weight excluding hydrogens is 545 g/mol. The third-order valence-corrected chi connectivity index (χ3v) is 9.24. The quantitative estimate of drug-likeness (QED) is 0.424. The maximum absolute atomic E-state index is 13.6. The van der Waals surface area contributed by atoms with Crippen molar-refractivity contribution in [3.05, 3.63) is 70.6 Å². The number of benzene rings is 1. The Morgan fingerprint density at radius 1 is 1.21 bits per heavy atom. The van der Waals surface area contributed by atoms with Crippen molar-refractivity contribution in [2.45, 2.75) is 69.5 Å². The lowest BCUT2D eigenvalue weighted by atomic mass is 9.75. The number of piperidine rings is 1. The lowest BCUT2D eigenvalue weighted by Gasteiger charge is -2.41. The molecule has 1 amide bonds. The molecule has 0 spiro atoms. The lowest BCUT2D eigenvalue weighted by Crippen LogP contribution is -2.49. The predicted octanol–water partition coefficient (Wildman–Crippen LogP) is 4.97. The second-order valence-corrected chi connectivity index (χ2v) is 12.8. The summed E-state index contributed by atoms with van der Waals surface area (Å²) in [4.78, 5) is 20.3. The lowest BCUT2D eigenvalue weighted by molar-refractivity contribution is -0.187. The zero-order chi connectivity index (χ0) is 29.7. The van der Waals surface area contributed by atoms with Gasteiger partial charge in [-0.15, -0.1) is 10.2 Å². The van der Waals surface area contributed by atoms with E-state index in [-0.39, 0.29) is 35.4 Å². The van der Waals surface area contributed by atoms with Crippen LogP contribution in [0.25, 0.3) is 0 Å². The summed E-state index contributed by atoms with van der Waals surface area (Å²) in [6.07, 6.45) is 0.516. The first-order chi connectivity index (χ1) is 19.9. The molecule has 1 aliphatic carbocycles. The molecule has 8 nitrogen and oxygen atoms in total. The maximum atomic E-state index is 13.6. The number of anilines is 1. The van der Waals surface area contributed by atoms with Crippen LogP contribution in [0, 0.1) is 5.92 Å². The summed E-state index contributed by atoms with van der Waals surface area (Å²) < 4.78 is 48.0. The third kappa shape index (κ3) is 5.56. The van der Waals surface area contributed by atoms with E-state index in [0.29, 0.717) is 44.8 Å². The molecule has 2 saturated heterocycles. The molecule has 1 atom stereocenters. The van der Waals surface area contributed by atoms with Gasteiger partial charge < -0.3 is 14.6 Å². The van der Waals surface area contributed by atoms with E-state index < -0.39 is 12.1 Å². The number of fused-ring (bicyclic) bond motifs is 1. The smallest absolute Gasteiger partial charge is 0.379 e. The summed E-state index contributed by atoms with van der Waals surface area (Å²) >= 11 is 0. The second kappa shape index (κ2) is 10.8. The molecule has 3 aromatic rings. The molecular formula is C31H37F3N6O2. The number of ether oxygens (including phenoxy) is 1. The minimum Gasteiger partial charge on any atom is -0.379 e. The predicted molar refractivity (Wildman–Crippen MR) is 151 cm³/mol. The summed E-state index contributed by atoms with van der Waals surface area (Å²) in [5, 5.41) is 11.3. The Hall–Kier alpha value is -3.31. The molecule has 1 N–H and O–H groups in total. The topological polar surface area (TPSA) is 85.2 Å². The van der Waals surface area contributed by atoms with Crippen LogP contribution in [0.4, 0.5) is 18.9 Å². The first-order valence-corrected chi connectivity index (χ1v) is 14.6. The zero-order valence-electron chi connectivity index (χ0n) is 24.3. The van der Waals surface area contributed by atoms with Crippen molar-refractivity contribution >= 4 is 11.6 Å². The van der Waals surface area contributed by atoms with E-state index in [1.807, 2.05) is 40.8 Å². The van der Waals surface area contributed by atoms with Gasteiger partial charge in [0.25, 0.3) is 5.91 Å². The van der Waals surface area contributed by atoms with Crippen molar-refractivity contribution < 1.29 is 22.7 Å². The Morgan fingerprint density at radius 2 is 2.02 bits per heavy atom. The van der Waals surface area contributed by atoms with Gasteiger partial charge in [0.2, 0.25) is 0 Å². The first kappa shape index (κ1) is 28.8. The maximum Gasteiger partial charge on any atom is 0.393 e. The fraction of sp³-hybridized carbons (Fsp3) is 0.548. The van der Waals surface area contributed by atoms with Crippen LogP contribution in [-0.4, -0.2) is 63.0 Å². The Balaban J connectivity index is 1.24. The summed E-state index contributed by atoms with van der Waals surface area (Å²) in [6, 6.07) is 9.56. The second-order valence-electron chi connectivity index (χ2n) is 12.8. The van der Waals surface area contributed by atoms with Gasteiger partial charge in [0.15, 0.2) is 0 Å². The van der Waals surface area contributed by atoms with Gasteiger partial charge in [-0.25, -0.2) is 4.98 Å². The largest absolute Gasteiger partial charge is 0.393 e. The number of likely N-dealkylation sites (tertiary alicyclic amines) is 1. The summed E-state index contributed by atoms with van der Waals surface area (Å²) in [6.45, 7) is 6.30. The molecule has 2 aromatic heterocycles. The van der Waals surface area contributed by atoms with Gasteiger partial charge in [-0.1, -0.05) is 26.0 Å². The first-order valence-electron chi connectivity index (χ1n) is 14.6. The van der Waals surface area contributed by atoms with E-state index in [0.717, 1.165) is 41.1 Å². The number of halogens is 3. The minimum absolute atomic E-state index is 0.0158. The van der Waals surface area contributed by atoms with Crippen LogP contribution in [0.15, 0.2) is 36.7 Å². The SMILES string of the molecule is Cn1cnnc1CC1(c2cccc(NC(=O)c3cc(CN4CCCC(C(F)(F)F)C4)c4c(n3)C(C)(C)CC4)c2)COC1. The normalized spacial score (nSPS) is 21.5. The number of pyridine rings is 1. The van der Waals surface area contributed by atoms with E-state index in [2.05, 4.69) is 29.4 Å². The van der Waals surface area contributed by atoms with E-state index in [1.165, 1.54) is 0 Å². The fourth-order valence-corrected chi connectivity index (χ4v) is 6.59. The van der Waals surface area contributed by atoms with Crippen LogP contribution in [-0.2, 0) is 42.0 Å². The van der Waals surface area contributed by atoms with E-state index in [9.17, 15) is 18.0 Å². The zero-order valence-corrected chi connectivity index (χ0v) is 24.3. The number of carbonyl (C=O) groups is 1. The van der Waals surface area contributed by atoms with E-state index >= 15 is 0 Å². The van der Waals surface area contributed by atoms with Gasteiger partial charge in [-0.2, -0.15) is 13.2 Å². The number of nitrogens with one attached hydrogen (secondary N) is 1. The van der Waals surface area contributed by atoms with Gasteiger partial charge in [-0.3, -0.25) is 9.69 Å². The van der Waals surface area contributed by atoms with Gasteiger partial charge in [0, 0.05) is 43.1 Å². The number of hydrogen-bond acceptors (Lipinski definition) is 6. The van der Waals surface area contributed by atoms with Crippen LogP contribution in [0.5, 0.6) is 0 Å². The number of amides is 1. The van der Waals surface area contributed by atoms with Gasteiger partial charge in [-0.05, 0) is 67.1 Å². The highest BCUT2D eigenvalue weighted by atomic mass is 19.4. The molecule has 42 heavy (non-hydrogen) atoms. The number of aryl methyl sites for hydroxylation is 1. The molecule has 3 aliphatic rings. The van der Waals surface area contributed by atoms with Crippen molar-refractivity contribution in [2.24, 2.45) is 13.0 Å². The van der Waals surface area contributed by atoms with Crippen LogP contribution in [0.3, 0.4) is 0 Å². The van der Waals surface area contributed by atoms with Crippen LogP contribution < -0.4 is 5.32 Å². The standard InChI is InChI=1S/C31H37F3N6O2/c1-29(2)10-9-24-20(15-40-11-5-7-22(16-40)31(32,33)34)12-25(37-27(24)29)28(41)36-23-8-4-6-21(13-23)30(17-42-18-30)14-26-38-35-19-39(26)3/h4,6,8,12-13,19,22H,5,7,9-11,14-18H2,1-3H3,(H,36,41).